The van der Waals surface area contributed by atoms with Crippen molar-refractivity contribution in [3.63, 3.8) is 0 Å². The maximum atomic E-state index is 8.95. The number of hydrogen-bond acceptors (Lipinski definition) is 2. The predicted octanol–water partition coefficient (Wildman–Crippen LogP) is 1.60. The Hall–Kier alpha value is -0.860. The van der Waals surface area contributed by atoms with Crippen LogP contribution < -0.4 is 5.73 Å². The van der Waals surface area contributed by atoms with Crippen LogP contribution in [-0.2, 0) is 0 Å². The number of aliphatic hydroxyl groups is 1. The molecule has 2 nitrogen and oxygen atoms in total. The van der Waals surface area contributed by atoms with E-state index in [0.717, 1.165) is 5.56 Å². The maximum absolute atomic E-state index is 8.95. The monoisotopic (exact) mass is 179 g/mol. The van der Waals surface area contributed by atoms with Crippen LogP contribution in [0.1, 0.15) is 28.3 Å². The SMILES string of the molecule is Cc1ccc(C(N)CO)c(C)c1C. The fraction of sp³-hybridized carbons (Fsp3) is 0.455. The van der Waals surface area contributed by atoms with Gasteiger partial charge in [0.2, 0.25) is 0 Å². The van der Waals surface area contributed by atoms with E-state index in [-0.39, 0.29) is 12.6 Å². The molecule has 1 unspecified atom stereocenters. The predicted molar refractivity (Wildman–Crippen MR) is 54.7 cm³/mol. The minimum Gasteiger partial charge on any atom is -0.394 e. The van der Waals surface area contributed by atoms with Crippen molar-refractivity contribution in [2.24, 2.45) is 5.73 Å². The van der Waals surface area contributed by atoms with E-state index < -0.39 is 0 Å². The highest BCUT2D eigenvalue weighted by Gasteiger charge is 2.09. The molecule has 0 radical (unpaired) electrons. The first kappa shape index (κ1) is 10.2. The summed E-state index contributed by atoms with van der Waals surface area (Å²) in [6.07, 6.45) is 0. The van der Waals surface area contributed by atoms with Gasteiger partial charge in [0.25, 0.3) is 0 Å². The Labute approximate surface area is 79.4 Å². The molecule has 1 aromatic rings. The van der Waals surface area contributed by atoms with Crippen molar-refractivity contribution in [3.8, 4) is 0 Å². The minimum atomic E-state index is -0.251. The van der Waals surface area contributed by atoms with Crippen molar-refractivity contribution in [1.29, 1.82) is 0 Å². The molecule has 0 saturated carbocycles. The third-order valence-electron chi connectivity index (χ3n) is 2.70. The van der Waals surface area contributed by atoms with Crippen LogP contribution in [0.4, 0.5) is 0 Å². The van der Waals surface area contributed by atoms with Gasteiger partial charge in [-0.25, -0.2) is 0 Å². The second-order valence-electron chi connectivity index (χ2n) is 3.51. The van der Waals surface area contributed by atoms with Crippen LogP contribution in [0.15, 0.2) is 12.1 Å². The van der Waals surface area contributed by atoms with E-state index in [4.69, 9.17) is 10.8 Å². The van der Waals surface area contributed by atoms with Gasteiger partial charge in [-0.1, -0.05) is 12.1 Å². The first-order chi connectivity index (χ1) is 6.07. The summed E-state index contributed by atoms with van der Waals surface area (Å²) in [5.74, 6) is 0. The van der Waals surface area contributed by atoms with E-state index in [2.05, 4.69) is 13.8 Å². The lowest BCUT2D eigenvalue weighted by molar-refractivity contribution is 0.267. The molecule has 1 atom stereocenters. The van der Waals surface area contributed by atoms with Crippen LogP contribution in [-0.4, -0.2) is 11.7 Å². The second-order valence-corrected chi connectivity index (χ2v) is 3.51. The Kier molecular flexibility index (Phi) is 3.07. The average molecular weight is 179 g/mol. The van der Waals surface area contributed by atoms with Gasteiger partial charge < -0.3 is 10.8 Å². The molecule has 0 amide bonds. The van der Waals surface area contributed by atoms with E-state index in [1.54, 1.807) is 0 Å². The van der Waals surface area contributed by atoms with Gasteiger partial charge in [0.15, 0.2) is 0 Å². The fourth-order valence-electron chi connectivity index (χ4n) is 1.48. The second kappa shape index (κ2) is 3.90. The quantitative estimate of drug-likeness (QED) is 0.724. The largest absolute Gasteiger partial charge is 0.394 e. The number of benzene rings is 1. The highest BCUT2D eigenvalue weighted by molar-refractivity contribution is 5.40. The summed E-state index contributed by atoms with van der Waals surface area (Å²) < 4.78 is 0. The van der Waals surface area contributed by atoms with Gasteiger partial charge in [0.1, 0.15) is 0 Å². The molecule has 13 heavy (non-hydrogen) atoms. The fourth-order valence-corrected chi connectivity index (χ4v) is 1.48. The molecule has 0 aromatic heterocycles. The lowest BCUT2D eigenvalue weighted by Gasteiger charge is -2.15. The zero-order chi connectivity index (χ0) is 10.0. The Morgan fingerprint density at radius 2 is 1.85 bits per heavy atom. The summed E-state index contributed by atoms with van der Waals surface area (Å²) in [4.78, 5) is 0. The molecule has 72 valence electrons. The lowest BCUT2D eigenvalue weighted by Crippen LogP contribution is -2.16. The van der Waals surface area contributed by atoms with Crippen molar-refractivity contribution >= 4 is 0 Å². The number of hydrogen-bond donors (Lipinski definition) is 2. The average Bonchev–Trinajstić information content (AvgIpc) is 2.13. The third-order valence-corrected chi connectivity index (χ3v) is 2.70. The standard InChI is InChI=1S/C11H17NO/c1-7-4-5-10(11(12)6-13)9(3)8(7)2/h4-5,11,13H,6,12H2,1-3H3. The number of aryl methyl sites for hydroxylation is 1. The smallest absolute Gasteiger partial charge is 0.0624 e. The molecule has 0 heterocycles. The molecule has 0 saturated heterocycles. The summed E-state index contributed by atoms with van der Waals surface area (Å²) >= 11 is 0. The third kappa shape index (κ3) is 1.90. The van der Waals surface area contributed by atoms with Gasteiger partial charge in [0, 0.05) is 0 Å². The summed E-state index contributed by atoms with van der Waals surface area (Å²) in [6, 6.07) is 3.80. The molecule has 0 aliphatic rings. The van der Waals surface area contributed by atoms with Crippen LogP contribution in [0.3, 0.4) is 0 Å². The van der Waals surface area contributed by atoms with E-state index in [1.165, 1.54) is 16.7 Å². The van der Waals surface area contributed by atoms with Crippen LogP contribution in [0, 0.1) is 20.8 Å². The van der Waals surface area contributed by atoms with Gasteiger partial charge in [-0.05, 0) is 43.0 Å². The Morgan fingerprint density at radius 3 is 2.38 bits per heavy atom. The number of aliphatic hydroxyl groups excluding tert-OH is 1. The first-order valence-corrected chi connectivity index (χ1v) is 4.51. The van der Waals surface area contributed by atoms with Gasteiger partial charge in [-0.2, -0.15) is 0 Å². The van der Waals surface area contributed by atoms with Crippen molar-refractivity contribution in [2.75, 3.05) is 6.61 Å². The lowest BCUT2D eigenvalue weighted by atomic mass is 9.95. The molecule has 3 N–H and O–H groups in total. The number of rotatable bonds is 2. The van der Waals surface area contributed by atoms with Crippen molar-refractivity contribution in [3.05, 3.63) is 34.4 Å². The minimum absolute atomic E-state index is 0.00331. The molecule has 0 bridgehead atoms. The normalized spacial score (nSPS) is 13.0. The summed E-state index contributed by atoms with van der Waals surface area (Å²) in [5, 5.41) is 8.95. The molecule has 0 aliphatic heterocycles. The zero-order valence-corrected chi connectivity index (χ0v) is 8.46. The van der Waals surface area contributed by atoms with Crippen LogP contribution in [0.5, 0.6) is 0 Å². The van der Waals surface area contributed by atoms with E-state index in [9.17, 15) is 0 Å². The molecule has 2 heteroatoms. The highest BCUT2D eigenvalue weighted by Crippen LogP contribution is 2.21. The number of nitrogens with two attached hydrogens (primary N) is 1. The van der Waals surface area contributed by atoms with Gasteiger partial charge in [-0.3, -0.25) is 0 Å². The van der Waals surface area contributed by atoms with Crippen LogP contribution in [0.25, 0.3) is 0 Å². The topological polar surface area (TPSA) is 46.2 Å². The van der Waals surface area contributed by atoms with E-state index in [0.29, 0.717) is 0 Å². The zero-order valence-electron chi connectivity index (χ0n) is 8.46. The van der Waals surface area contributed by atoms with E-state index >= 15 is 0 Å². The molecule has 0 spiro atoms. The summed E-state index contributed by atoms with van der Waals surface area (Å²) in [7, 11) is 0. The van der Waals surface area contributed by atoms with Crippen molar-refractivity contribution in [1.82, 2.24) is 0 Å². The maximum Gasteiger partial charge on any atom is 0.0624 e. The molecular weight excluding hydrogens is 162 g/mol. The van der Waals surface area contributed by atoms with Crippen molar-refractivity contribution in [2.45, 2.75) is 26.8 Å². The Bertz CT molecular complexity index is 307. The molecule has 0 aliphatic carbocycles. The van der Waals surface area contributed by atoms with Crippen molar-refractivity contribution < 1.29 is 5.11 Å². The van der Waals surface area contributed by atoms with Gasteiger partial charge in [-0.15, -0.1) is 0 Å². The highest BCUT2D eigenvalue weighted by atomic mass is 16.3. The van der Waals surface area contributed by atoms with E-state index in [1.807, 2.05) is 19.1 Å². The molecular formula is C11H17NO. The van der Waals surface area contributed by atoms with Crippen LogP contribution >= 0.6 is 0 Å². The Balaban J connectivity index is 3.18. The Morgan fingerprint density at radius 1 is 1.23 bits per heavy atom. The van der Waals surface area contributed by atoms with Crippen LogP contribution in [0.2, 0.25) is 0 Å². The summed E-state index contributed by atoms with van der Waals surface area (Å²) in [5.41, 5.74) is 10.5. The molecule has 0 fully saturated rings. The van der Waals surface area contributed by atoms with Gasteiger partial charge in [0.05, 0.1) is 12.6 Å². The molecule has 1 aromatic carbocycles. The first-order valence-electron chi connectivity index (χ1n) is 4.51. The molecule has 1 rings (SSSR count). The van der Waals surface area contributed by atoms with Gasteiger partial charge >= 0.3 is 0 Å². The summed E-state index contributed by atoms with van der Waals surface area (Å²) in [6.45, 7) is 6.21.